The smallest absolute Gasteiger partial charge is 0.321 e. The number of hydrogen-bond donors (Lipinski definition) is 1. The van der Waals surface area contributed by atoms with Crippen LogP contribution in [-0.4, -0.2) is 25.7 Å². The second-order valence-electron chi connectivity index (χ2n) is 4.18. The van der Waals surface area contributed by atoms with Gasteiger partial charge in [-0.2, -0.15) is 0 Å². The van der Waals surface area contributed by atoms with Crippen molar-refractivity contribution < 1.29 is 0 Å². The molecule has 0 aliphatic rings. The molecule has 0 saturated heterocycles. The highest BCUT2D eigenvalue weighted by Crippen LogP contribution is 2.10. The first-order chi connectivity index (χ1) is 8.52. The maximum Gasteiger partial charge on any atom is 0.332 e. The van der Waals surface area contributed by atoms with Crippen LogP contribution in [0.1, 0.15) is 12.7 Å². The normalized spacial score (nSPS) is 11.3. The van der Waals surface area contributed by atoms with Gasteiger partial charge >= 0.3 is 5.69 Å². The summed E-state index contributed by atoms with van der Waals surface area (Å²) in [6, 6.07) is 0. The number of aryl methyl sites for hydroxylation is 2. The summed E-state index contributed by atoms with van der Waals surface area (Å²) in [5.41, 5.74) is 0.261. The molecule has 0 spiro atoms. The van der Waals surface area contributed by atoms with Crippen molar-refractivity contribution in [3.05, 3.63) is 26.7 Å². The summed E-state index contributed by atoms with van der Waals surface area (Å²) in [4.78, 5) is 28.4. The molecular weight excluding hydrogens is 234 g/mol. The Hall–Kier alpha value is -1.89. The molecule has 2 aromatic heterocycles. The summed E-state index contributed by atoms with van der Waals surface area (Å²) >= 11 is 0. The minimum atomic E-state index is -0.357. The molecule has 18 heavy (non-hydrogen) atoms. The van der Waals surface area contributed by atoms with Crippen LogP contribution in [0.4, 0.5) is 0 Å². The second-order valence-corrected chi connectivity index (χ2v) is 4.18. The highest BCUT2D eigenvalue weighted by Gasteiger charge is 2.17. The third-order valence-corrected chi connectivity index (χ3v) is 3.08. The van der Waals surface area contributed by atoms with Gasteiger partial charge in [0.1, 0.15) is 5.82 Å². The zero-order valence-electron chi connectivity index (χ0n) is 11.0. The monoisotopic (exact) mass is 251 g/mol. The predicted octanol–water partition coefficient (Wildman–Crippen LogP) is -0.827. The van der Waals surface area contributed by atoms with Gasteiger partial charge in [0.25, 0.3) is 5.56 Å². The molecule has 0 aromatic carbocycles. The van der Waals surface area contributed by atoms with Crippen LogP contribution in [0.5, 0.6) is 0 Å². The summed E-state index contributed by atoms with van der Waals surface area (Å²) in [6.45, 7) is 3.14. The van der Waals surface area contributed by atoms with Gasteiger partial charge in [0, 0.05) is 20.6 Å². The van der Waals surface area contributed by atoms with Crippen molar-refractivity contribution in [3.63, 3.8) is 0 Å². The molecule has 0 fully saturated rings. The van der Waals surface area contributed by atoms with Crippen molar-refractivity contribution in [3.8, 4) is 0 Å². The zero-order chi connectivity index (χ0) is 13.4. The molecule has 2 heterocycles. The summed E-state index contributed by atoms with van der Waals surface area (Å²) in [6.07, 6.45) is 0. The predicted molar refractivity (Wildman–Crippen MR) is 68.7 cm³/mol. The van der Waals surface area contributed by atoms with Gasteiger partial charge in [0.05, 0.1) is 6.54 Å². The van der Waals surface area contributed by atoms with Crippen molar-refractivity contribution in [2.45, 2.75) is 20.0 Å². The van der Waals surface area contributed by atoms with E-state index in [1.807, 2.05) is 18.5 Å². The molecule has 2 aromatic rings. The molecule has 0 saturated carbocycles. The van der Waals surface area contributed by atoms with E-state index in [9.17, 15) is 9.59 Å². The fourth-order valence-corrected chi connectivity index (χ4v) is 2.13. The first-order valence-electron chi connectivity index (χ1n) is 5.82. The molecule has 0 aliphatic heterocycles. The molecule has 7 nitrogen and oxygen atoms in total. The van der Waals surface area contributed by atoms with Crippen LogP contribution in [0.3, 0.4) is 0 Å². The largest absolute Gasteiger partial charge is 0.332 e. The van der Waals surface area contributed by atoms with Crippen LogP contribution in [0.15, 0.2) is 9.59 Å². The van der Waals surface area contributed by atoms with Crippen molar-refractivity contribution in [1.29, 1.82) is 0 Å². The van der Waals surface area contributed by atoms with Crippen LogP contribution < -0.4 is 16.6 Å². The van der Waals surface area contributed by atoms with Gasteiger partial charge in [-0.1, -0.05) is 0 Å². The summed E-state index contributed by atoms with van der Waals surface area (Å²) in [7, 11) is 4.92. The summed E-state index contributed by atoms with van der Waals surface area (Å²) < 4.78 is 4.36. The first kappa shape index (κ1) is 12.6. The Bertz CT molecular complexity index is 707. The van der Waals surface area contributed by atoms with Gasteiger partial charge in [-0.15, -0.1) is 0 Å². The van der Waals surface area contributed by atoms with Gasteiger partial charge in [0.15, 0.2) is 11.2 Å². The molecule has 0 atom stereocenters. The van der Waals surface area contributed by atoms with E-state index in [2.05, 4.69) is 10.3 Å². The van der Waals surface area contributed by atoms with Crippen molar-refractivity contribution >= 4 is 11.2 Å². The molecule has 1 N–H and O–H groups in total. The third-order valence-electron chi connectivity index (χ3n) is 3.08. The second kappa shape index (κ2) is 4.41. The van der Waals surface area contributed by atoms with E-state index in [1.165, 1.54) is 11.6 Å². The highest BCUT2D eigenvalue weighted by molar-refractivity contribution is 5.71. The van der Waals surface area contributed by atoms with E-state index in [-0.39, 0.29) is 11.2 Å². The maximum absolute atomic E-state index is 12.2. The highest BCUT2D eigenvalue weighted by atomic mass is 16.2. The molecule has 0 radical (unpaired) electrons. The van der Waals surface area contributed by atoms with E-state index in [1.54, 1.807) is 7.05 Å². The Morgan fingerprint density at radius 2 is 1.89 bits per heavy atom. The minimum Gasteiger partial charge on any atom is -0.321 e. The van der Waals surface area contributed by atoms with E-state index in [0.717, 1.165) is 10.4 Å². The number of nitrogens with one attached hydrogen (secondary N) is 1. The average molecular weight is 251 g/mol. The molecule has 2 rings (SSSR count). The SMILES string of the molecule is CCn1c(CNC)nc2c1c(=O)n(C)c(=O)n2C. The van der Waals surface area contributed by atoms with Crippen molar-refractivity contribution in [2.24, 2.45) is 14.1 Å². The van der Waals surface area contributed by atoms with Crippen LogP contribution >= 0.6 is 0 Å². The number of hydrogen-bond acceptors (Lipinski definition) is 4. The molecule has 0 amide bonds. The molecule has 0 bridgehead atoms. The summed E-state index contributed by atoms with van der Waals surface area (Å²) in [5, 5.41) is 3.01. The number of aromatic nitrogens is 4. The van der Waals surface area contributed by atoms with Gasteiger partial charge in [0.2, 0.25) is 0 Å². The van der Waals surface area contributed by atoms with Crippen LogP contribution in [0, 0.1) is 0 Å². The molecule has 98 valence electrons. The molecule has 0 aliphatic carbocycles. The quantitative estimate of drug-likeness (QED) is 0.773. The number of imidazole rings is 1. The van der Waals surface area contributed by atoms with Gasteiger partial charge in [-0.25, -0.2) is 9.78 Å². The standard InChI is InChI=1S/C11H17N5O2/c1-5-16-7(6-12-2)13-9-8(16)10(17)15(4)11(18)14(9)3/h12H,5-6H2,1-4H3. The van der Waals surface area contributed by atoms with E-state index >= 15 is 0 Å². The molecule has 7 heteroatoms. The number of nitrogens with zero attached hydrogens (tertiary/aromatic N) is 4. The Kier molecular flexibility index (Phi) is 3.08. The maximum atomic E-state index is 12.2. The third kappa shape index (κ3) is 1.59. The summed E-state index contributed by atoms with van der Waals surface area (Å²) in [5.74, 6) is 0.758. The number of rotatable bonds is 3. The van der Waals surface area contributed by atoms with Gasteiger partial charge in [-0.3, -0.25) is 13.9 Å². The molecular formula is C11H17N5O2. The Balaban J connectivity index is 2.98. The Morgan fingerprint density at radius 1 is 1.22 bits per heavy atom. The lowest BCUT2D eigenvalue weighted by Gasteiger charge is -2.06. The van der Waals surface area contributed by atoms with Crippen molar-refractivity contribution in [2.75, 3.05) is 7.05 Å². The lowest BCUT2D eigenvalue weighted by molar-refractivity contribution is 0.665. The topological polar surface area (TPSA) is 73.8 Å². The van der Waals surface area contributed by atoms with Crippen LogP contribution in [0.2, 0.25) is 0 Å². The zero-order valence-corrected chi connectivity index (χ0v) is 11.0. The van der Waals surface area contributed by atoms with E-state index in [0.29, 0.717) is 24.3 Å². The molecule has 0 unspecified atom stereocenters. The van der Waals surface area contributed by atoms with Crippen LogP contribution in [0.25, 0.3) is 11.2 Å². The van der Waals surface area contributed by atoms with Crippen molar-refractivity contribution in [1.82, 2.24) is 24.0 Å². The Labute approximate surface area is 104 Å². The fraction of sp³-hybridized carbons (Fsp3) is 0.545. The number of fused-ring (bicyclic) bond motifs is 1. The first-order valence-corrected chi connectivity index (χ1v) is 5.82. The van der Waals surface area contributed by atoms with Crippen LogP contribution in [-0.2, 0) is 27.2 Å². The minimum absolute atomic E-state index is 0.301. The average Bonchev–Trinajstić information content (AvgIpc) is 2.73. The van der Waals surface area contributed by atoms with E-state index < -0.39 is 0 Å². The lowest BCUT2D eigenvalue weighted by atomic mass is 10.5. The fourth-order valence-electron chi connectivity index (χ4n) is 2.13. The van der Waals surface area contributed by atoms with Gasteiger partial charge in [-0.05, 0) is 14.0 Å². The Morgan fingerprint density at radius 3 is 2.44 bits per heavy atom. The lowest BCUT2D eigenvalue weighted by Crippen LogP contribution is -2.37. The van der Waals surface area contributed by atoms with Gasteiger partial charge < -0.3 is 9.88 Å². The van der Waals surface area contributed by atoms with E-state index in [4.69, 9.17) is 0 Å².